The minimum absolute atomic E-state index is 0.0221. The summed E-state index contributed by atoms with van der Waals surface area (Å²) >= 11 is 1.14. The second kappa shape index (κ2) is 8.75. The number of aromatic nitrogens is 2. The zero-order valence-electron chi connectivity index (χ0n) is 17.1. The number of anilines is 1. The van der Waals surface area contributed by atoms with E-state index in [1.807, 2.05) is 35.2 Å². The Morgan fingerprint density at radius 2 is 2.16 bits per heavy atom. The van der Waals surface area contributed by atoms with E-state index in [0.29, 0.717) is 25.0 Å². The van der Waals surface area contributed by atoms with Crippen LogP contribution in [0.1, 0.15) is 18.5 Å². The molecule has 2 aromatic heterocycles. The summed E-state index contributed by atoms with van der Waals surface area (Å²) in [5.41, 5.74) is 6.38. The number of oxime groups is 1. The molecule has 2 atom stereocenters. The van der Waals surface area contributed by atoms with E-state index in [9.17, 15) is 19.5 Å². The molecule has 1 saturated heterocycles. The number of carboxylic acid groups (broad SMARTS) is 1. The molecule has 4 rings (SSSR count). The summed E-state index contributed by atoms with van der Waals surface area (Å²) in [7, 11) is 1.29. The second-order valence-electron chi connectivity index (χ2n) is 7.26. The smallest absolute Gasteiger partial charge is 0.352 e. The van der Waals surface area contributed by atoms with Gasteiger partial charge in [0.25, 0.3) is 11.8 Å². The van der Waals surface area contributed by atoms with E-state index in [2.05, 4.69) is 15.5 Å². The highest BCUT2D eigenvalue weighted by atomic mass is 32.1. The molecule has 2 amide bonds. The number of fused-ring (bicyclic) bond motifs is 1. The molecule has 32 heavy (non-hydrogen) atoms. The Morgan fingerprint density at radius 1 is 1.41 bits per heavy atom. The van der Waals surface area contributed by atoms with Crippen LogP contribution in [0.2, 0.25) is 0 Å². The van der Waals surface area contributed by atoms with Crippen molar-refractivity contribution in [2.24, 2.45) is 5.16 Å². The van der Waals surface area contributed by atoms with Gasteiger partial charge in [0.2, 0.25) is 0 Å². The molecule has 4 heterocycles. The van der Waals surface area contributed by atoms with E-state index in [1.165, 1.54) is 12.0 Å². The van der Waals surface area contributed by atoms with Crippen LogP contribution in [0.4, 0.5) is 5.13 Å². The van der Waals surface area contributed by atoms with Crippen LogP contribution in [-0.2, 0) is 25.8 Å². The van der Waals surface area contributed by atoms with E-state index in [1.54, 1.807) is 5.38 Å². The zero-order chi connectivity index (χ0) is 22.8. The molecule has 0 spiro atoms. The fourth-order valence-electron chi connectivity index (χ4n) is 3.96. The standard InChI is InChI=1S/C20H20N6O5S/c1-31-24-14(12-10-32-20(21)22-12)17(27)23-15-13-6-5-11(9-25-7-3-2-4-8-25)16(19(29)30)26(13)18(15)28/h2-4,7-8,10,13,15H,5-6,9H2,1H3,(H3-,21,22,23,27,29,30)/p+1/b24-14-/t13-,15+/m1/s1. The maximum Gasteiger partial charge on any atom is 0.352 e. The number of nitrogens with two attached hydrogens (primary N) is 1. The Kier molecular flexibility index (Phi) is 5.86. The number of rotatable bonds is 7. The van der Waals surface area contributed by atoms with Gasteiger partial charge in [-0.2, -0.15) is 0 Å². The third kappa shape index (κ3) is 3.91. The van der Waals surface area contributed by atoms with Gasteiger partial charge in [0.05, 0.1) is 6.04 Å². The van der Waals surface area contributed by atoms with Crippen molar-refractivity contribution in [2.45, 2.75) is 31.5 Å². The third-order valence-corrected chi connectivity index (χ3v) is 6.01. The molecule has 0 unspecified atom stereocenters. The number of β-lactam (4-membered cyclic amide) rings is 1. The predicted molar refractivity (Wildman–Crippen MR) is 113 cm³/mol. The first kappa shape index (κ1) is 21.4. The van der Waals surface area contributed by atoms with Crippen molar-refractivity contribution >= 4 is 40.0 Å². The Hall–Kier alpha value is -3.80. The molecule has 2 aliphatic heterocycles. The van der Waals surface area contributed by atoms with Gasteiger partial charge in [0, 0.05) is 23.1 Å². The van der Waals surface area contributed by atoms with Crippen LogP contribution in [0.3, 0.4) is 0 Å². The van der Waals surface area contributed by atoms with Crippen LogP contribution in [0.15, 0.2) is 52.4 Å². The van der Waals surface area contributed by atoms with Crippen molar-refractivity contribution in [1.29, 1.82) is 0 Å². The van der Waals surface area contributed by atoms with Crippen LogP contribution in [0.25, 0.3) is 0 Å². The lowest BCUT2D eigenvalue weighted by Crippen LogP contribution is -2.72. The Bertz CT molecular complexity index is 1130. The van der Waals surface area contributed by atoms with E-state index >= 15 is 0 Å². The molecule has 166 valence electrons. The first-order chi connectivity index (χ1) is 15.4. The molecule has 0 aliphatic carbocycles. The molecule has 2 aromatic rings. The first-order valence-corrected chi connectivity index (χ1v) is 10.6. The fraction of sp³-hybridized carbons (Fsp3) is 0.300. The van der Waals surface area contributed by atoms with Crippen molar-refractivity contribution < 1.29 is 28.9 Å². The molecule has 0 radical (unpaired) electrons. The van der Waals surface area contributed by atoms with Crippen molar-refractivity contribution in [3.05, 3.63) is 52.9 Å². The Morgan fingerprint density at radius 3 is 2.78 bits per heavy atom. The molecule has 1 fully saturated rings. The highest BCUT2D eigenvalue weighted by Gasteiger charge is 2.54. The van der Waals surface area contributed by atoms with Gasteiger partial charge in [-0.15, -0.1) is 11.3 Å². The molecule has 0 saturated carbocycles. The highest BCUT2D eigenvalue weighted by Crippen LogP contribution is 2.37. The SMILES string of the molecule is CO/N=C(\C(=O)N[C@@H]1C(=O)N2C(C(=O)O)=C(C[n+]3ccccc3)CC[C@H]12)c1csc(N)n1. The summed E-state index contributed by atoms with van der Waals surface area (Å²) in [6.07, 6.45) is 4.69. The molecular formula is C20H21N6O5S+. The number of allylic oxidation sites excluding steroid dienone is 1. The summed E-state index contributed by atoms with van der Waals surface area (Å²) in [5, 5.41) is 18.0. The van der Waals surface area contributed by atoms with Gasteiger partial charge in [-0.05, 0) is 12.8 Å². The van der Waals surface area contributed by atoms with Crippen LogP contribution in [0.5, 0.6) is 0 Å². The van der Waals surface area contributed by atoms with Gasteiger partial charge >= 0.3 is 5.97 Å². The van der Waals surface area contributed by atoms with Crippen LogP contribution < -0.4 is 15.6 Å². The number of nitrogen functional groups attached to an aromatic ring is 1. The van der Waals surface area contributed by atoms with Gasteiger partial charge in [-0.3, -0.25) is 14.5 Å². The number of nitrogens with zero attached hydrogens (tertiary/aromatic N) is 4. The van der Waals surface area contributed by atoms with Gasteiger partial charge < -0.3 is 21.0 Å². The Labute approximate surface area is 186 Å². The molecule has 0 bridgehead atoms. The highest BCUT2D eigenvalue weighted by molar-refractivity contribution is 7.13. The lowest BCUT2D eigenvalue weighted by molar-refractivity contribution is -0.689. The van der Waals surface area contributed by atoms with E-state index in [-0.39, 0.29) is 22.2 Å². The molecule has 4 N–H and O–H groups in total. The van der Waals surface area contributed by atoms with Crippen LogP contribution in [-0.4, -0.2) is 57.7 Å². The largest absolute Gasteiger partial charge is 0.477 e. The topological polar surface area (TPSA) is 151 Å². The number of carbonyl (C=O) groups excluding carboxylic acids is 2. The average Bonchev–Trinajstić information content (AvgIpc) is 3.21. The minimum Gasteiger partial charge on any atom is -0.477 e. The fourth-order valence-corrected chi connectivity index (χ4v) is 4.50. The average molecular weight is 457 g/mol. The van der Waals surface area contributed by atoms with Crippen molar-refractivity contribution in [2.75, 3.05) is 12.8 Å². The number of thiazole rings is 1. The lowest BCUT2D eigenvalue weighted by Gasteiger charge is -2.49. The second-order valence-corrected chi connectivity index (χ2v) is 8.15. The summed E-state index contributed by atoms with van der Waals surface area (Å²) in [6.45, 7) is 0.367. The molecule has 12 heteroatoms. The first-order valence-electron chi connectivity index (χ1n) is 9.76. The summed E-state index contributed by atoms with van der Waals surface area (Å²) < 4.78 is 1.86. The van der Waals surface area contributed by atoms with Gasteiger partial charge in [0.15, 0.2) is 29.8 Å². The lowest BCUT2D eigenvalue weighted by atomic mass is 9.83. The number of hydrogen-bond donors (Lipinski definition) is 3. The quantitative estimate of drug-likeness (QED) is 0.227. The summed E-state index contributed by atoms with van der Waals surface area (Å²) in [4.78, 5) is 47.7. The number of pyridine rings is 1. The van der Waals surface area contributed by atoms with Crippen LogP contribution in [0, 0.1) is 0 Å². The molecular weight excluding hydrogens is 436 g/mol. The summed E-state index contributed by atoms with van der Waals surface area (Å²) in [6, 6.07) is 4.25. The monoisotopic (exact) mass is 457 g/mol. The van der Waals surface area contributed by atoms with Gasteiger partial charge in [-0.25, -0.2) is 14.3 Å². The van der Waals surface area contributed by atoms with Crippen LogP contribution >= 0.6 is 11.3 Å². The van der Waals surface area contributed by atoms with E-state index in [0.717, 1.165) is 11.3 Å². The number of carbonyl (C=O) groups is 3. The van der Waals surface area contributed by atoms with E-state index < -0.39 is 29.9 Å². The minimum atomic E-state index is -1.17. The third-order valence-electron chi connectivity index (χ3n) is 5.34. The van der Waals surface area contributed by atoms with Crippen molar-refractivity contribution in [3.8, 4) is 0 Å². The number of hydrogen-bond acceptors (Lipinski definition) is 8. The van der Waals surface area contributed by atoms with E-state index in [4.69, 9.17) is 10.6 Å². The number of aliphatic carboxylic acids is 1. The molecule has 2 aliphatic rings. The maximum atomic E-state index is 12.9. The predicted octanol–water partition coefficient (Wildman–Crippen LogP) is -0.108. The number of carboxylic acids is 1. The summed E-state index contributed by atoms with van der Waals surface area (Å²) in [5.74, 6) is -2.30. The van der Waals surface area contributed by atoms with Crippen molar-refractivity contribution in [3.63, 3.8) is 0 Å². The van der Waals surface area contributed by atoms with Gasteiger partial charge in [-0.1, -0.05) is 11.2 Å². The normalized spacial score (nSPS) is 20.5. The number of nitrogens with one attached hydrogen (secondary N) is 1. The van der Waals surface area contributed by atoms with Gasteiger partial charge in [0.1, 0.15) is 24.5 Å². The number of amides is 2. The maximum absolute atomic E-state index is 12.9. The zero-order valence-corrected chi connectivity index (χ0v) is 17.9. The molecule has 0 aromatic carbocycles. The van der Waals surface area contributed by atoms with Crippen molar-refractivity contribution in [1.82, 2.24) is 15.2 Å². The Balaban J connectivity index is 1.53. The molecule has 11 nitrogen and oxygen atoms in total.